The average Bonchev–Trinajstić information content (AvgIpc) is 2.75. The number of hydrogen-bond acceptors (Lipinski definition) is 5. The van der Waals surface area contributed by atoms with E-state index in [2.05, 4.69) is 15.3 Å². The van der Waals surface area contributed by atoms with Crippen LogP contribution in [0.2, 0.25) is 0 Å². The molecular formula is C23H20N4O2S. The number of nitrogens with zero attached hydrogens (tertiary/aromatic N) is 3. The third-order valence-electron chi connectivity index (χ3n) is 4.51. The molecule has 0 fully saturated rings. The fraction of sp³-hybridized carbons (Fsp3) is 0.130. The Morgan fingerprint density at radius 2 is 1.90 bits per heavy atom. The minimum absolute atomic E-state index is 0.132. The summed E-state index contributed by atoms with van der Waals surface area (Å²) < 4.78 is 1.60. The van der Waals surface area contributed by atoms with Crippen molar-refractivity contribution in [3.05, 3.63) is 94.4 Å². The summed E-state index contributed by atoms with van der Waals surface area (Å²) in [5.41, 5.74) is 3.01. The Balaban J connectivity index is 1.61. The first-order valence-corrected chi connectivity index (χ1v) is 10.5. The quantitative estimate of drug-likeness (QED) is 0.381. The van der Waals surface area contributed by atoms with Gasteiger partial charge in [-0.2, -0.15) is 0 Å². The Morgan fingerprint density at radius 1 is 1.07 bits per heavy atom. The van der Waals surface area contributed by atoms with Gasteiger partial charge in [-0.15, -0.1) is 0 Å². The zero-order valence-corrected chi connectivity index (χ0v) is 17.2. The molecule has 0 bridgehead atoms. The third kappa shape index (κ3) is 4.58. The molecule has 0 saturated heterocycles. The van der Waals surface area contributed by atoms with Crippen molar-refractivity contribution in [2.75, 3.05) is 11.1 Å². The van der Waals surface area contributed by atoms with Crippen LogP contribution in [0.15, 0.2) is 82.9 Å². The van der Waals surface area contributed by atoms with Crippen LogP contribution in [0.25, 0.3) is 11.0 Å². The molecule has 2 aromatic carbocycles. The van der Waals surface area contributed by atoms with Gasteiger partial charge in [-0.05, 0) is 42.3 Å². The molecule has 7 heteroatoms. The molecule has 2 aromatic heterocycles. The Morgan fingerprint density at radius 3 is 2.70 bits per heavy atom. The number of carbonyl (C=O) groups excluding carboxylic acids is 1. The van der Waals surface area contributed by atoms with Gasteiger partial charge in [0.2, 0.25) is 5.91 Å². The van der Waals surface area contributed by atoms with Gasteiger partial charge in [0.25, 0.3) is 5.56 Å². The van der Waals surface area contributed by atoms with E-state index < -0.39 is 0 Å². The van der Waals surface area contributed by atoms with E-state index in [4.69, 9.17) is 0 Å². The van der Waals surface area contributed by atoms with E-state index >= 15 is 0 Å². The lowest BCUT2D eigenvalue weighted by atomic mass is 10.2. The van der Waals surface area contributed by atoms with Crippen LogP contribution in [0, 0.1) is 6.92 Å². The van der Waals surface area contributed by atoms with Gasteiger partial charge in [-0.25, -0.2) is 9.97 Å². The Kier molecular flexibility index (Phi) is 5.90. The number of hydrogen-bond donors (Lipinski definition) is 1. The molecule has 0 aliphatic carbocycles. The van der Waals surface area contributed by atoms with Crippen LogP contribution in [0.4, 0.5) is 5.69 Å². The molecule has 0 saturated carbocycles. The molecule has 150 valence electrons. The van der Waals surface area contributed by atoms with Crippen LogP contribution in [0.1, 0.15) is 11.1 Å². The SMILES string of the molecule is Cc1cccc(NC(=O)CSc2nc3ncccc3c(=O)n2Cc2ccccc2)c1. The highest BCUT2D eigenvalue weighted by molar-refractivity contribution is 7.99. The molecule has 4 rings (SSSR count). The number of anilines is 1. The Bertz CT molecular complexity index is 1260. The van der Waals surface area contributed by atoms with Gasteiger partial charge in [0, 0.05) is 11.9 Å². The summed E-state index contributed by atoms with van der Waals surface area (Å²) in [4.78, 5) is 34.3. The van der Waals surface area contributed by atoms with Crippen LogP contribution >= 0.6 is 11.8 Å². The van der Waals surface area contributed by atoms with E-state index in [1.54, 1.807) is 22.9 Å². The van der Waals surface area contributed by atoms with Gasteiger partial charge >= 0.3 is 0 Å². The van der Waals surface area contributed by atoms with Crippen molar-refractivity contribution in [1.82, 2.24) is 14.5 Å². The van der Waals surface area contributed by atoms with E-state index in [9.17, 15) is 9.59 Å². The number of aryl methyl sites for hydroxylation is 1. The highest BCUT2D eigenvalue weighted by Gasteiger charge is 2.14. The molecule has 0 radical (unpaired) electrons. The van der Waals surface area contributed by atoms with Gasteiger partial charge in [-0.1, -0.05) is 54.2 Å². The number of pyridine rings is 1. The second kappa shape index (κ2) is 8.92. The molecule has 0 aliphatic heterocycles. The van der Waals surface area contributed by atoms with Crippen molar-refractivity contribution in [3.63, 3.8) is 0 Å². The summed E-state index contributed by atoms with van der Waals surface area (Å²) in [6.45, 7) is 2.35. The van der Waals surface area contributed by atoms with E-state index in [0.717, 1.165) is 16.8 Å². The standard InChI is InChI=1S/C23H20N4O2S/c1-16-7-5-10-18(13-16)25-20(28)15-30-23-26-21-19(11-6-12-24-21)22(29)27(23)14-17-8-3-2-4-9-17/h2-13H,14-15H2,1H3,(H,25,28). The molecule has 0 aliphatic rings. The lowest BCUT2D eigenvalue weighted by molar-refractivity contribution is -0.113. The van der Waals surface area contributed by atoms with Gasteiger partial charge < -0.3 is 5.32 Å². The highest BCUT2D eigenvalue weighted by Crippen LogP contribution is 2.19. The maximum atomic E-state index is 13.1. The monoisotopic (exact) mass is 416 g/mol. The van der Waals surface area contributed by atoms with Gasteiger partial charge in [0.05, 0.1) is 17.7 Å². The summed E-state index contributed by atoms with van der Waals surface area (Å²) in [6, 6.07) is 20.8. The Hall–Kier alpha value is -3.45. The largest absolute Gasteiger partial charge is 0.325 e. The first-order chi connectivity index (χ1) is 14.6. The highest BCUT2D eigenvalue weighted by atomic mass is 32.2. The smallest absolute Gasteiger partial charge is 0.263 e. The maximum absolute atomic E-state index is 13.1. The zero-order valence-electron chi connectivity index (χ0n) is 16.4. The van der Waals surface area contributed by atoms with Crippen molar-refractivity contribution in [3.8, 4) is 0 Å². The topological polar surface area (TPSA) is 76.9 Å². The fourth-order valence-electron chi connectivity index (χ4n) is 3.10. The summed E-state index contributed by atoms with van der Waals surface area (Å²) in [5.74, 6) is -0.0275. The second-order valence-corrected chi connectivity index (χ2v) is 7.79. The molecular weight excluding hydrogens is 396 g/mol. The molecule has 0 unspecified atom stereocenters. The van der Waals surface area contributed by atoms with Crippen molar-refractivity contribution in [1.29, 1.82) is 0 Å². The molecule has 0 atom stereocenters. The molecule has 2 heterocycles. The lowest BCUT2D eigenvalue weighted by Gasteiger charge is -2.13. The predicted octanol–water partition coefficient (Wildman–Crippen LogP) is 3.88. The fourth-order valence-corrected chi connectivity index (χ4v) is 3.89. The first kappa shape index (κ1) is 19.8. The number of carbonyl (C=O) groups is 1. The van der Waals surface area contributed by atoms with E-state index in [0.29, 0.717) is 22.7 Å². The van der Waals surface area contributed by atoms with Crippen LogP contribution in [-0.2, 0) is 11.3 Å². The van der Waals surface area contributed by atoms with Crippen molar-refractivity contribution in [2.45, 2.75) is 18.6 Å². The minimum Gasteiger partial charge on any atom is -0.325 e. The minimum atomic E-state index is -0.168. The lowest BCUT2D eigenvalue weighted by Crippen LogP contribution is -2.25. The Labute approximate surface area is 178 Å². The molecule has 6 nitrogen and oxygen atoms in total. The maximum Gasteiger partial charge on any atom is 0.263 e. The van der Waals surface area contributed by atoms with Gasteiger partial charge in [0.15, 0.2) is 10.8 Å². The van der Waals surface area contributed by atoms with Crippen LogP contribution in [0.5, 0.6) is 0 Å². The normalized spacial score (nSPS) is 10.8. The molecule has 0 spiro atoms. The van der Waals surface area contributed by atoms with E-state index in [-0.39, 0.29) is 17.2 Å². The molecule has 30 heavy (non-hydrogen) atoms. The number of nitrogens with one attached hydrogen (secondary N) is 1. The summed E-state index contributed by atoms with van der Waals surface area (Å²) in [6.07, 6.45) is 1.61. The summed E-state index contributed by atoms with van der Waals surface area (Å²) >= 11 is 1.23. The summed E-state index contributed by atoms with van der Waals surface area (Å²) in [7, 11) is 0. The number of amides is 1. The zero-order chi connectivity index (χ0) is 20.9. The van der Waals surface area contributed by atoms with Crippen molar-refractivity contribution < 1.29 is 4.79 Å². The first-order valence-electron chi connectivity index (χ1n) is 9.49. The predicted molar refractivity (Wildman–Crippen MR) is 120 cm³/mol. The number of thioether (sulfide) groups is 1. The summed E-state index contributed by atoms with van der Waals surface area (Å²) in [5, 5.41) is 3.81. The van der Waals surface area contributed by atoms with Crippen LogP contribution in [0.3, 0.4) is 0 Å². The second-order valence-electron chi connectivity index (χ2n) is 6.85. The van der Waals surface area contributed by atoms with Gasteiger partial charge in [-0.3, -0.25) is 14.2 Å². The third-order valence-corrected chi connectivity index (χ3v) is 5.49. The molecule has 1 amide bonds. The number of fused-ring (bicyclic) bond motifs is 1. The van der Waals surface area contributed by atoms with Gasteiger partial charge in [0.1, 0.15) is 0 Å². The van der Waals surface area contributed by atoms with E-state index in [1.165, 1.54) is 11.8 Å². The average molecular weight is 417 g/mol. The number of rotatable bonds is 6. The van der Waals surface area contributed by atoms with Crippen molar-refractivity contribution in [2.24, 2.45) is 0 Å². The van der Waals surface area contributed by atoms with Crippen molar-refractivity contribution >= 4 is 34.4 Å². The molecule has 4 aromatic rings. The van der Waals surface area contributed by atoms with Crippen LogP contribution < -0.4 is 10.9 Å². The molecule has 1 N–H and O–H groups in total. The van der Waals surface area contributed by atoms with Crippen LogP contribution in [-0.4, -0.2) is 26.2 Å². The van der Waals surface area contributed by atoms with E-state index in [1.807, 2.05) is 61.5 Å². The number of aromatic nitrogens is 3. The number of benzene rings is 2.